The lowest BCUT2D eigenvalue weighted by atomic mass is 10.1. The largest absolute Gasteiger partial charge is 0.378 e. The molecule has 4 nitrogen and oxygen atoms in total. The first-order chi connectivity index (χ1) is 9.09. The third kappa shape index (κ3) is 2.91. The Kier molecular flexibility index (Phi) is 3.80. The zero-order valence-corrected chi connectivity index (χ0v) is 11.0. The molecule has 0 aliphatic rings. The van der Waals surface area contributed by atoms with Crippen molar-refractivity contribution in [2.24, 2.45) is 0 Å². The van der Waals surface area contributed by atoms with Crippen molar-refractivity contribution in [3.63, 3.8) is 0 Å². The van der Waals surface area contributed by atoms with Crippen LogP contribution in [0.1, 0.15) is 24.1 Å². The molecule has 0 fully saturated rings. The van der Waals surface area contributed by atoms with Gasteiger partial charge in [0.2, 0.25) is 0 Å². The normalized spacial score (nSPS) is 11.9. The van der Waals surface area contributed by atoms with Crippen molar-refractivity contribution in [3.05, 3.63) is 69.8 Å². The summed E-state index contributed by atoms with van der Waals surface area (Å²) in [6.07, 6.45) is 0. The maximum absolute atomic E-state index is 10.9. The summed E-state index contributed by atoms with van der Waals surface area (Å²) in [6, 6.07) is 15.2. The van der Waals surface area contributed by atoms with Gasteiger partial charge in [0, 0.05) is 23.4 Å². The molecule has 98 valence electrons. The Morgan fingerprint density at radius 1 is 1.11 bits per heavy atom. The van der Waals surface area contributed by atoms with Crippen LogP contribution in [0.3, 0.4) is 0 Å². The predicted molar refractivity (Wildman–Crippen MR) is 76.3 cm³/mol. The van der Waals surface area contributed by atoms with Crippen molar-refractivity contribution < 1.29 is 4.92 Å². The maximum atomic E-state index is 10.9. The van der Waals surface area contributed by atoms with E-state index < -0.39 is 0 Å². The molecule has 1 atom stereocenters. The highest BCUT2D eigenvalue weighted by molar-refractivity contribution is 5.60. The Morgan fingerprint density at radius 2 is 1.79 bits per heavy atom. The molecule has 19 heavy (non-hydrogen) atoms. The average Bonchev–Trinajstić information content (AvgIpc) is 2.41. The van der Waals surface area contributed by atoms with Crippen molar-refractivity contribution in [2.45, 2.75) is 19.9 Å². The van der Waals surface area contributed by atoms with Crippen LogP contribution in [-0.4, -0.2) is 4.92 Å². The fourth-order valence-corrected chi connectivity index (χ4v) is 2.04. The van der Waals surface area contributed by atoms with Crippen LogP contribution in [0.5, 0.6) is 0 Å². The molecule has 0 saturated heterocycles. The molecule has 1 N–H and O–H groups in total. The van der Waals surface area contributed by atoms with Crippen molar-refractivity contribution in [1.82, 2.24) is 0 Å². The van der Waals surface area contributed by atoms with Gasteiger partial charge in [-0.2, -0.15) is 0 Å². The van der Waals surface area contributed by atoms with E-state index in [1.165, 1.54) is 6.07 Å². The molecule has 2 aromatic rings. The van der Waals surface area contributed by atoms with E-state index in [0.29, 0.717) is 5.56 Å². The van der Waals surface area contributed by atoms with Crippen LogP contribution in [0.4, 0.5) is 11.4 Å². The van der Waals surface area contributed by atoms with Crippen molar-refractivity contribution in [1.29, 1.82) is 0 Å². The average molecular weight is 256 g/mol. The minimum Gasteiger partial charge on any atom is -0.378 e. The first-order valence-electron chi connectivity index (χ1n) is 6.15. The lowest BCUT2D eigenvalue weighted by Crippen LogP contribution is -2.08. The van der Waals surface area contributed by atoms with Gasteiger partial charge >= 0.3 is 0 Å². The van der Waals surface area contributed by atoms with Gasteiger partial charge in [-0.05, 0) is 25.5 Å². The van der Waals surface area contributed by atoms with Crippen LogP contribution in [0.25, 0.3) is 0 Å². The SMILES string of the molecule is Cc1c(NC(C)c2ccccc2)cccc1[N+](=O)[O-]. The molecule has 2 aromatic carbocycles. The smallest absolute Gasteiger partial charge is 0.274 e. The molecule has 0 amide bonds. The summed E-state index contributed by atoms with van der Waals surface area (Å²) in [7, 11) is 0. The van der Waals surface area contributed by atoms with E-state index in [9.17, 15) is 10.1 Å². The van der Waals surface area contributed by atoms with Crippen LogP contribution in [-0.2, 0) is 0 Å². The molecule has 2 rings (SSSR count). The molecule has 0 saturated carbocycles. The van der Waals surface area contributed by atoms with Gasteiger partial charge in [0.15, 0.2) is 0 Å². The quantitative estimate of drug-likeness (QED) is 0.662. The summed E-state index contributed by atoms with van der Waals surface area (Å²) in [6.45, 7) is 3.80. The van der Waals surface area contributed by atoms with Crippen LogP contribution >= 0.6 is 0 Å². The van der Waals surface area contributed by atoms with Crippen LogP contribution in [0.2, 0.25) is 0 Å². The summed E-state index contributed by atoms with van der Waals surface area (Å²) in [5.74, 6) is 0. The summed E-state index contributed by atoms with van der Waals surface area (Å²) in [4.78, 5) is 10.6. The van der Waals surface area contributed by atoms with E-state index in [1.807, 2.05) is 43.3 Å². The van der Waals surface area contributed by atoms with Gasteiger partial charge in [0.1, 0.15) is 0 Å². The summed E-state index contributed by atoms with van der Waals surface area (Å²) in [5.41, 5.74) is 2.75. The van der Waals surface area contributed by atoms with Crippen LogP contribution in [0, 0.1) is 17.0 Å². The Hall–Kier alpha value is -2.36. The molecule has 0 aliphatic heterocycles. The molecular weight excluding hydrogens is 240 g/mol. The van der Waals surface area contributed by atoms with Gasteiger partial charge in [0.25, 0.3) is 5.69 Å². The Balaban J connectivity index is 2.25. The number of nitro benzene ring substituents is 1. The number of rotatable bonds is 4. The molecule has 0 bridgehead atoms. The van der Waals surface area contributed by atoms with Gasteiger partial charge in [-0.15, -0.1) is 0 Å². The zero-order chi connectivity index (χ0) is 13.8. The molecule has 0 aromatic heterocycles. The molecule has 0 radical (unpaired) electrons. The maximum Gasteiger partial charge on any atom is 0.274 e. The highest BCUT2D eigenvalue weighted by Crippen LogP contribution is 2.28. The Labute approximate surface area is 112 Å². The summed E-state index contributed by atoms with van der Waals surface area (Å²) >= 11 is 0. The fraction of sp³-hybridized carbons (Fsp3) is 0.200. The number of hydrogen-bond acceptors (Lipinski definition) is 3. The number of nitrogens with one attached hydrogen (secondary N) is 1. The second kappa shape index (κ2) is 5.52. The van der Waals surface area contributed by atoms with Crippen molar-refractivity contribution in [3.8, 4) is 0 Å². The van der Waals surface area contributed by atoms with Crippen molar-refractivity contribution in [2.75, 3.05) is 5.32 Å². The van der Waals surface area contributed by atoms with Gasteiger partial charge < -0.3 is 5.32 Å². The highest BCUT2D eigenvalue weighted by Gasteiger charge is 2.14. The molecular formula is C15H16N2O2. The minimum absolute atomic E-state index is 0.0990. The Morgan fingerprint density at radius 3 is 2.42 bits per heavy atom. The molecule has 0 spiro atoms. The van der Waals surface area contributed by atoms with Crippen molar-refractivity contribution >= 4 is 11.4 Å². The number of hydrogen-bond donors (Lipinski definition) is 1. The highest BCUT2D eigenvalue weighted by atomic mass is 16.6. The van der Waals surface area contributed by atoms with E-state index in [-0.39, 0.29) is 16.7 Å². The van der Waals surface area contributed by atoms with Gasteiger partial charge in [-0.25, -0.2) is 0 Å². The van der Waals surface area contributed by atoms with E-state index in [2.05, 4.69) is 5.32 Å². The van der Waals surface area contributed by atoms with Gasteiger partial charge in [-0.1, -0.05) is 36.4 Å². The second-order valence-corrected chi connectivity index (χ2v) is 4.48. The molecule has 0 heterocycles. The second-order valence-electron chi connectivity index (χ2n) is 4.48. The van der Waals surface area contributed by atoms with E-state index in [4.69, 9.17) is 0 Å². The number of nitro groups is 1. The number of nitrogens with zero attached hydrogens (tertiary/aromatic N) is 1. The lowest BCUT2D eigenvalue weighted by molar-refractivity contribution is -0.385. The van der Waals surface area contributed by atoms with Gasteiger partial charge in [-0.3, -0.25) is 10.1 Å². The first kappa shape index (κ1) is 13.1. The molecule has 4 heteroatoms. The van der Waals surface area contributed by atoms with Crippen LogP contribution in [0.15, 0.2) is 48.5 Å². The van der Waals surface area contributed by atoms with E-state index >= 15 is 0 Å². The van der Waals surface area contributed by atoms with E-state index in [1.54, 1.807) is 13.0 Å². The van der Waals surface area contributed by atoms with E-state index in [0.717, 1.165) is 11.3 Å². The zero-order valence-electron chi connectivity index (χ0n) is 11.0. The van der Waals surface area contributed by atoms with Gasteiger partial charge in [0.05, 0.1) is 4.92 Å². The summed E-state index contributed by atoms with van der Waals surface area (Å²) < 4.78 is 0. The monoisotopic (exact) mass is 256 g/mol. The topological polar surface area (TPSA) is 55.2 Å². The first-order valence-corrected chi connectivity index (χ1v) is 6.15. The molecule has 0 aliphatic carbocycles. The Bertz CT molecular complexity index is 582. The third-order valence-corrected chi connectivity index (χ3v) is 3.17. The molecule has 1 unspecified atom stereocenters. The minimum atomic E-state index is -0.353. The predicted octanol–water partition coefficient (Wildman–Crippen LogP) is 4.08. The lowest BCUT2D eigenvalue weighted by Gasteiger charge is -2.17. The number of benzene rings is 2. The van der Waals surface area contributed by atoms with Crippen LogP contribution < -0.4 is 5.32 Å². The standard InChI is InChI=1S/C15H16N2O2/c1-11-14(9-6-10-15(11)17(18)19)16-12(2)13-7-4-3-5-8-13/h3-10,12,16H,1-2H3. The fourth-order valence-electron chi connectivity index (χ4n) is 2.04. The summed E-state index contributed by atoms with van der Waals surface area (Å²) in [5, 5.41) is 14.2. The number of anilines is 1. The third-order valence-electron chi connectivity index (χ3n) is 3.17.